The number of hydrogen-bond acceptors (Lipinski definition) is 3. The molecule has 0 unspecified atom stereocenters. The Bertz CT molecular complexity index is 177. The summed E-state index contributed by atoms with van der Waals surface area (Å²) in [6.45, 7) is 0.476. The number of pyridine rings is 1. The molecule has 0 aliphatic carbocycles. The van der Waals surface area contributed by atoms with E-state index in [1.54, 1.807) is 13.3 Å². The molecule has 1 heterocycles. The van der Waals surface area contributed by atoms with Crippen molar-refractivity contribution in [1.29, 1.82) is 0 Å². The molecule has 3 nitrogen and oxygen atoms in total. The highest BCUT2D eigenvalue weighted by Gasteiger charge is 1.90. The summed E-state index contributed by atoms with van der Waals surface area (Å²) in [4.78, 5) is 4.02. The van der Waals surface area contributed by atoms with Crippen molar-refractivity contribution in [3.05, 3.63) is 24.0 Å². The molecule has 2 N–H and O–H groups in total. The first-order valence-electron chi connectivity index (χ1n) is 3.06. The van der Waals surface area contributed by atoms with Gasteiger partial charge in [-0.25, -0.2) is 0 Å². The summed E-state index contributed by atoms with van der Waals surface area (Å²) in [5, 5.41) is 0. The van der Waals surface area contributed by atoms with Gasteiger partial charge in [-0.1, -0.05) is 0 Å². The van der Waals surface area contributed by atoms with Crippen molar-refractivity contribution in [3.8, 4) is 5.75 Å². The first kappa shape index (κ1) is 10.2. The molecule has 4 heteroatoms. The molecule has 0 amide bonds. The first-order valence-corrected chi connectivity index (χ1v) is 3.06. The predicted molar refractivity (Wildman–Crippen MR) is 45.9 cm³/mol. The molecule has 0 saturated heterocycles. The molecular weight excluding hydrogens is 164 g/mol. The van der Waals surface area contributed by atoms with Crippen LogP contribution in [-0.2, 0) is 6.54 Å². The molecule has 0 aliphatic heterocycles. The minimum atomic E-state index is 0. The van der Waals surface area contributed by atoms with Crippen LogP contribution in [0.3, 0.4) is 0 Å². The Morgan fingerprint density at radius 1 is 1.55 bits per heavy atom. The fraction of sp³-hybridized carbons (Fsp3) is 0.286. The SMILES string of the molecule is COc1ccc(CN)nc1.Cl. The van der Waals surface area contributed by atoms with E-state index in [1.165, 1.54) is 0 Å². The smallest absolute Gasteiger partial charge is 0.137 e. The van der Waals surface area contributed by atoms with Crippen molar-refractivity contribution in [2.75, 3.05) is 7.11 Å². The topological polar surface area (TPSA) is 48.1 Å². The largest absolute Gasteiger partial charge is 0.495 e. The number of nitrogens with zero attached hydrogens (tertiary/aromatic N) is 1. The Morgan fingerprint density at radius 2 is 2.27 bits per heavy atom. The van der Waals surface area contributed by atoms with E-state index in [4.69, 9.17) is 10.5 Å². The second-order valence-corrected chi connectivity index (χ2v) is 1.89. The fourth-order valence-corrected chi connectivity index (χ4v) is 0.652. The Kier molecular flexibility index (Phi) is 4.57. The van der Waals surface area contributed by atoms with Gasteiger partial charge < -0.3 is 10.5 Å². The van der Waals surface area contributed by atoms with Crippen molar-refractivity contribution >= 4 is 12.4 Å². The van der Waals surface area contributed by atoms with Crippen LogP contribution in [0.25, 0.3) is 0 Å². The van der Waals surface area contributed by atoms with Crippen LogP contribution in [-0.4, -0.2) is 12.1 Å². The third-order valence-electron chi connectivity index (χ3n) is 1.24. The lowest BCUT2D eigenvalue weighted by Crippen LogP contribution is -1.98. The number of hydrogen-bond donors (Lipinski definition) is 1. The predicted octanol–water partition coefficient (Wildman–Crippen LogP) is 0.971. The third-order valence-corrected chi connectivity index (χ3v) is 1.24. The van der Waals surface area contributed by atoms with Gasteiger partial charge in [0.1, 0.15) is 5.75 Å². The summed E-state index contributed by atoms with van der Waals surface area (Å²) >= 11 is 0. The average molecular weight is 175 g/mol. The maximum Gasteiger partial charge on any atom is 0.137 e. The summed E-state index contributed by atoms with van der Waals surface area (Å²) in [6.07, 6.45) is 1.65. The molecule has 0 fully saturated rings. The van der Waals surface area contributed by atoms with Crippen molar-refractivity contribution in [2.24, 2.45) is 5.73 Å². The van der Waals surface area contributed by atoms with E-state index < -0.39 is 0 Å². The van der Waals surface area contributed by atoms with Crippen LogP contribution < -0.4 is 10.5 Å². The lowest BCUT2D eigenvalue weighted by molar-refractivity contribution is 0.412. The zero-order chi connectivity index (χ0) is 7.40. The summed E-state index contributed by atoms with van der Waals surface area (Å²) in [6, 6.07) is 3.69. The minimum Gasteiger partial charge on any atom is -0.495 e. The lowest BCUT2D eigenvalue weighted by atomic mass is 10.3. The van der Waals surface area contributed by atoms with Gasteiger partial charge in [-0.05, 0) is 12.1 Å². The van der Waals surface area contributed by atoms with Gasteiger partial charge >= 0.3 is 0 Å². The Morgan fingerprint density at radius 3 is 2.64 bits per heavy atom. The standard InChI is InChI=1S/C7H10N2O.ClH/c1-10-7-3-2-6(4-8)9-5-7;/h2-3,5H,4,8H2,1H3;1H. The van der Waals surface area contributed by atoms with Crippen molar-refractivity contribution in [3.63, 3.8) is 0 Å². The summed E-state index contributed by atoms with van der Waals surface area (Å²) < 4.78 is 4.91. The fourth-order valence-electron chi connectivity index (χ4n) is 0.652. The van der Waals surface area contributed by atoms with Crippen molar-refractivity contribution in [2.45, 2.75) is 6.54 Å². The monoisotopic (exact) mass is 174 g/mol. The number of aromatic nitrogens is 1. The zero-order valence-corrected chi connectivity index (χ0v) is 7.10. The van der Waals surface area contributed by atoms with Gasteiger partial charge in [0.15, 0.2) is 0 Å². The number of nitrogens with two attached hydrogens (primary N) is 1. The van der Waals surface area contributed by atoms with Crippen LogP contribution in [0.15, 0.2) is 18.3 Å². The zero-order valence-electron chi connectivity index (χ0n) is 6.28. The summed E-state index contributed by atoms with van der Waals surface area (Å²) in [7, 11) is 1.61. The van der Waals surface area contributed by atoms with Gasteiger partial charge in [0.05, 0.1) is 19.0 Å². The Balaban J connectivity index is 0.000001000. The van der Waals surface area contributed by atoms with E-state index in [0.29, 0.717) is 6.54 Å². The van der Waals surface area contributed by atoms with E-state index in [2.05, 4.69) is 4.98 Å². The van der Waals surface area contributed by atoms with Gasteiger partial charge in [0.25, 0.3) is 0 Å². The van der Waals surface area contributed by atoms with Gasteiger partial charge in [-0.15, -0.1) is 12.4 Å². The average Bonchev–Trinajstić information content (AvgIpc) is 2.05. The molecule has 0 bridgehead atoms. The second kappa shape index (κ2) is 4.93. The highest BCUT2D eigenvalue weighted by atomic mass is 35.5. The van der Waals surface area contributed by atoms with Gasteiger partial charge in [0.2, 0.25) is 0 Å². The number of ether oxygens (including phenoxy) is 1. The number of halogens is 1. The maximum atomic E-state index is 5.34. The molecule has 1 rings (SSSR count). The first-order chi connectivity index (χ1) is 4.86. The minimum absolute atomic E-state index is 0. The molecule has 0 radical (unpaired) electrons. The van der Waals surface area contributed by atoms with Crippen LogP contribution in [0.4, 0.5) is 0 Å². The number of rotatable bonds is 2. The normalized spacial score (nSPS) is 8.55. The van der Waals surface area contributed by atoms with E-state index in [1.807, 2.05) is 12.1 Å². The van der Waals surface area contributed by atoms with Crippen LogP contribution in [0.2, 0.25) is 0 Å². The van der Waals surface area contributed by atoms with E-state index in [-0.39, 0.29) is 12.4 Å². The molecule has 0 spiro atoms. The molecule has 1 aromatic rings. The lowest BCUT2D eigenvalue weighted by Gasteiger charge is -1.98. The molecule has 0 atom stereocenters. The van der Waals surface area contributed by atoms with Gasteiger partial charge in [-0.3, -0.25) is 4.98 Å². The molecular formula is C7H11ClN2O. The highest BCUT2D eigenvalue weighted by Crippen LogP contribution is 2.06. The van der Waals surface area contributed by atoms with Crippen LogP contribution in [0, 0.1) is 0 Å². The van der Waals surface area contributed by atoms with Crippen LogP contribution >= 0.6 is 12.4 Å². The maximum absolute atomic E-state index is 5.34. The van der Waals surface area contributed by atoms with Crippen LogP contribution in [0.5, 0.6) is 5.75 Å². The molecule has 62 valence electrons. The van der Waals surface area contributed by atoms with Crippen LogP contribution in [0.1, 0.15) is 5.69 Å². The number of methoxy groups -OCH3 is 1. The highest BCUT2D eigenvalue weighted by molar-refractivity contribution is 5.85. The van der Waals surface area contributed by atoms with E-state index in [0.717, 1.165) is 11.4 Å². The molecule has 1 aromatic heterocycles. The van der Waals surface area contributed by atoms with E-state index in [9.17, 15) is 0 Å². The second-order valence-electron chi connectivity index (χ2n) is 1.89. The van der Waals surface area contributed by atoms with Crippen molar-refractivity contribution < 1.29 is 4.74 Å². The molecule has 0 saturated carbocycles. The van der Waals surface area contributed by atoms with E-state index >= 15 is 0 Å². The summed E-state index contributed by atoms with van der Waals surface area (Å²) in [5.74, 6) is 0.761. The molecule has 0 aromatic carbocycles. The van der Waals surface area contributed by atoms with Crippen molar-refractivity contribution in [1.82, 2.24) is 4.98 Å². The Labute approximate surface area is 72.0 Å². The van der Waals surface area contributed by atoms with Gasteiger partial charge in [-0.2, -0.15) is 0 Å². The Hall–Kier alpha value is -0.800. The summed E-state index contributed by atoms with van der Waals surface area (Å²) in [5.41, 5.74) is 6.21. The van der Waals surface area contributed by atoms with Gasteiger partial charge in [0, 0.05) is 6.54 Å². The third kappa shape index (κ3) is 2.74. The molecule has 11 heavy (non-hydrogen) atoms. The quantitative estimate of drug-likeness (QED) is 0.727. The molecule has 0 aliphatic rings.